The van der Waals surface area contributed by atoms with Crippen LogP contribution in [0.2, 0.25) is 5.02 Å². The fraction of sp³-hybridized carbons (Fsp3) is 0.280. The van der Waals surface area contributed by atoms with Gasteiger partial charge in [0.1, 0.15) is 0 Å². The van der Waals surface area contributed by atoms with Crippen molar-refractivity contribution in [3.05, 3.63) is 70.5 Å². The van der Waals surface area contributed by atoms with Gasteiger partial charge in [0.15, 0.2) is 10.8 Å². The Labute approximate surface area is 201 Å². The van der Waals surface area contributed by atoms with E-state index in [0.717, 1.165) is 40.5 Å². The number of nitrogen functional groups attached to an aromatic ring is 1. The van der Waals surface area contributed by atoms with Gasteiger partial charge in [-0.1, -0.05) is 58.8 Å². The van der Waals surface area contributed by atoms with Crippen LogP contribution in [0.5, 0.6) is 0 Å². The standard InChI is InChI=1S/C14H17ClN2.C11H10N2O2S/c15-12-3-4-13-11(9-17-14(13)7-12)5-6-16-8-10-1-2-10;1-6-3-2-4-7(5-6)9-8(10(14)15)13-11(12)16-9/h3-4,7,9-10,16-17H,1-2,5-6,8H2;2-5H,1H3,(H2,12,13)(H,14,15). The summed E-state index contributed by atoms with van der Waals surface area (Å²) in [5, 5.41) is 14.9. The lowest BCUT2D eigenvalue weighted by molar-refractivity contribution is 0.0692. The Balaban J connectivity index is 0.000000157. The van der Waals surface area contributed by atoms with Crippen LogP contribution in [0.3, 0.4) is 0 Å². The molecule has 2 aromatic carbocycles. The maximum Gasteiger partial charge on any atom is 0.356 e. The molecule has 0 spiro atoms. The highest BCUT2D eigenvalue weighted by Gasteiger charge is 2.20. The Morgan fingerprint density at radius 1 is 1.30 bits per heavy atom. The number of benzene rings is 2. The van der Waals surface area contributed by atoms with Crippen LogP contribution in [-0.2, 0) is 6.42 Å². The Kier molecular flexibility index (Phi) is 7.33. The van der Waals surface area contributed by atoms with E-state index in [0.29, 0.717) is 4.88 Å². The van der Waals surface area contributed by atoms with Crippen molar-refractivity contribution in [2.75, 3.05) is 18.8 Å². The van der Waals surface area contributed by atoms with E-state index in [9.17, 15) is 4.79 Å². The maximum absolute atomic E-state index is 11.0. The number of nitrogens with two attached hydrogens (primary N) is 1. The van der Waals surface area contributed by atoms with Crippen molar-refractivity contribution >= 4 is 44.9 Å². The topological polar surface area (TPSA) is 104 Å². The van der Waals surface area contributed by atoms with Crippen molar-refractivity contribution in [3.63, 3.8) is 0 Å². The van der Waals surface area contributed by atoms with Gasteiger partial charge in [-0.3, -0.25) is 0 Å². The molecule has 8 heteroatoms. The minimum atomic E-state index is -1.05. The summed E-state index contributed by atoms with van der Waals surface area (Å²) in [6.07, 6.45) is 6.01. The molecule has 0 aliphatic heterocycles. The molecule has 1 aliphatic rings. The first-order valence-corrected chi connectivity index (χ1v) is 12.1. The van der Waals surface area contributed by atoms with Crippen molar-refractivity contribution < 1.29 is 9.90 Å². The van der Waals surface area contributed by atoms with Gasteiger partial charge in [-0.2, -0.15) is 0 Å². The summed E-state index contributed by atoms with van der Waals surface area (Å²) in [5.74, 6) is -0.0961. The fourth-order valence-corrected chi connectivity index (χ4v) is 4.67. The van der Waals surface area contributed by atoms with E-state index in [1.54, 1.807) is 0 Å². The van der Waals surface area contributed by atoms with Crippen LogP contribution in [0.4, 0.5) is 5.13 Å². The molecule has 2 aromatic heterocycles. The number of fused-ring (bicyclic) bond motifs is 1. The van der Waals surface area contributed by atoms with E-state index in [1.807, 2.05) is 43.3 Å². The van der Waals surface area contributed by atoms with E-state index in [2.05, 4.69) is 27.5 Å². The summed E-state index contributed by atoms with van der Waals surface area (Å²) in [5.41, 5.74) is 9.98. The van der Waals surface area contributed by atoms with Gasteiger partial charge >= 0.3 is 5.97 Å². The van der Waals surface area contributed by atoms with Crippen molar-refractivity contribution in [1.82, 2.24) is 15.3 Å². The zero-order valence-corrected chi connectivity index (χ0v) is 20.0. The van der Waals surface area contributed by atoms with E-state index in [-0.39, 0.29) is 10.8 Å². The number of nitrogens with one attached hydrogen (secondary N) is 2. The summed E-state index contributed by atoms with van der Waals surface area (Å²) in [7, 11) is 0. The summed E-state index contributed by atoms with van der Waals surface area (Å²) in [4.78, 5) is 18.7. The normalized spacial score (nSPS) is 13.0. The number of hydrogen-bond acceptors (Lipinski definition) is 5. The second-order valence-electron chi connectivity index (χ2n) is 8.31. The zero-order chi connectivity index (χ0) is 23.4. The minimum Gasteiger partial charge on any atom is -0.476 e. The van der Waals surface area contributed by atoms with Gasteiger partial charge in [0.2, 0.25) is 0 Å². The SMILES string of the molecule is Cc1cccc(-c2sc(N)nc2C(=O)O)c1.Clc1ccc2c(CCNCC3CC3)c[nH]c2c1. The van der Waals surface area contributed by atoms with Crippen molar-refractivity contribution in [2.24, 2.45) is 5.92 Å². The quantitative estimate of drug-likeness (QED) is 0.250. The largest absolute Gasteiger partial charge is 0.476 e. The third kappa shape index (κ3) is 6.13. The molecule has 0 saturated heterocycles. The van der Waals surface area contributed by atoms with Gasteiger partial charge in [-0.05, 0) is 68.5 Å². The number of anilines is 1. The lowest BCUT2D eigenvalue weighted by atomic mass is 10.1. The van der Waals surface area contributed by atoms with Crippen molar-refractivity contribution in [1.29, 1.82) is 0 Å². The van der Waals surface area contributed by atoms with Crippen LogP contribution >= 0.6 is 22.9 Å². The highest BCUT2D eigenvalue weighted by atomic mass is 35.5. The van der Waals surface area contributed by atoms with Crippen LogP contribution in [0.1, 0.15) is 34.5 Å². The van der Waals surface area contributed by atoms with Crippen LogP contribution in [0, 0.1) is 12.8 Å². The number of carbonyl (C=O) groups is 1. The summed E-state index contributed by atoms with van der Waals surface area (Å²) in [6.45, 7) is 4.20. The third-order valence-corrected chi connectivity index (χ3v) is 6.73. The van der Waals surface area contributed by atoms with E-state index < -0.39 is 5.97 Å². The molecule has 2 heterocycles. The number of aromatic amines is 1. The smallest absolute Gasteiger partial charge is 0.356 e. The molecule has 4 aromatic rings. The number of aromatic carboxylic acids is 1. The number of nitrogens with zero attached hydrogens (tertiary/aromatic N) is 1. The molecule has 5 N–H and O–H groups in total. The highest BCUT2D eigenvalue weighted by molar-refractivity contribution is 7.19. The first-order valence-electron chi connectivity index (χ1n) is 10.9. The Bertz CT molecular complexity index is 1260. The molecular weight excluding hydrogens is 456 g/mol. The van der Waals surface area contributed by atoms with Crippen LogP contribution < -0.4 is 11.1 Å². The molecule has 1 saturated carbocycles. The number of aryl methyl sites for hydroxylation is 1. The fourth-order valence-electron chi connectivity index (χ4n) is 3.68. The van der Waals surface area contributed by atoms with Gasteiger partial charge in [0, 0.05) is 22.1 Å². The molecule has 0 amide bonds. The van der Waals surface area contributed by atoms with Crippen molar-refractivity contribution in [3.8, 4) is 10.4 Å². The molecule has 1 fully saturated rings. The van der Waals surface area contributed by atoms with Gasteiger partial charge in [0.25, 0.3) is 0 Å². The first kappa shape index (κ1) is 23.3. The molecular formula is C25H27ClN4O2S. The Hall–Kier alpha value is -2.87. The van der Waals surface area contributed by atoms with E-state index in [1.165, 1.54) is 41.7 Å². The number of rotatable bonds is 7. The predicted octanol–water partition coefficient (Wildman–Crippen LogP) is 5.76. The molecule has 6 nitrogen and oxygen atoms in total. The summed E-state index contributed by atoms with van der Waals surface area (Å²) >= 11 is 7.15. The number of halogens is 1. The average molecular weight is 483 g/mol. The Morgan fingerprint density at radius 3 is 2.85 bits per heavy atom. The van der Waals surface area contributed by atoms with Gasteiger partial charge in [-0.25, -0.2) is 9.78 Å². The molecule has 33 heavy (non-hydrogen) atoms. The summed E-state index contributed by atoms with van der Waals surface area (Å²) < 4.78 is 0. The second-order valence-corrected chi connectivity index (χ2v) is 9.77. The Morgan fingerprint density at radius 2 is 2.12 bits per heavy atom. The van der Waals surface area contributed by atoms with Gasteiger partial charge in [-0.15, -0.1) is 0 Å². The average Bonchev–Trinajstić information content (AvgIpc) is 3.40. The van der Waals surface area contributed by atoms with Gasteiger partial charge < -0.3 is 21.1 Å². The maximum atomic E-state index is 11.0. The molecule has 172 valence electrons. The molecule has 0 unspecified atom stereocenters. The number of carboxylic acid groups (broad SMARTS) is 1. The first-order chi connectivity index (χ1) is 15.9. The lowest BCUT2D eigenvalue weighted by Gasteiger charge is -2.02. The van der Waals surface area contributed by atoms with Crippen LogP contribution in [0.15, 0.2) is 48.7 Å². The van der Waals surface area contributed by atoms with Crippen LogP contribution in [-0.4, -0.2) is 34.1 Å². The lowest BCUT2D eigenvalue weighted by Crippen LogP contribution is -2.19. The monoisotopic (exact) mass is 482 g/mol. The number of aromatic nitrogens is 2. The summed E-state index contributed by atoms with van der Waals surface area (Å²) in [6, 6.07) is 13.6. The number of H-pyrrole nitrogens is 1. The van der Waals surface area contributed by atoms with Crippen LogP contribution in [0.25, 0.3) is 21.3 Å². The van der Waals surface area contributed by atoms with Crippen molar-refractivity contribution in [2.45, 2.75) is 26.2 Å². The second kappa shape index (κ2) is 10.4. The predicted molar refractivity (Wildman–Crippen MR) is 136 cm³/mol. The van der Waals surface area contributed by atoms with E-state index in [4.69, 9.17) is 22.4 Å². The number of thiazole rings is 1. The molecule has 0 atom stereocenters. The number of hydrogen-bond donors (Lipinski definition) is 4. The zero-order valence-electron chi connectivity index (χ0n) is 18.4. The van der Waals surface area contributed by atoms with E-state index >= 15 is 0 Å². The number of carboxylic acids is 1. The molecule has 1 aliphatic carbocycles. The molecule has 5 rings (SSSR count). The molecule has 0 bridgehead atoms. The third-order valence-electron chi connectivity index (χ3n) is 5.56. The highest BCUT2D eigenvalue weighted by Crippen LogP contribution is 2.32. The molecule has 0 radical (unpaired) electrons. The van der Waals surface area contributed by atoms with Gasteiger partial charge in [0.05, 0.1) is 4.88 Å². The minimum absolute atomic E-state index is 0.0214.